The van der Waals surface area contributed by atoms with Crippen LogP contribution in [0.2, 0.25) is 0 Å². The molecule has 6 heteroatoms. The summed E-state index contributed by atoms with van der Waals surface area (Å²) in [6.45, 7) is 0. The first-order valence-corrected chi connectivity index (χ1v) is 5.75. The Labute approximate surface area is 81.7 Å². The summed E-state index contributed by atoms with van der Waals surface area (Å²) in [6, 6.07) is 0. The molecule has 1 atom stereocenters. The quantitative estimate of drug-likeness (QED) is 0.621. The number of hydrogen-bond acceptors (Lipinski definition) is 3. The van der Waals surface area contributed by atoms with E-state index in [9.17, 15) is 13.2 Å². The van der Waals surface area contributed by atoms with Crippen LogP contribution in [0.25, 0.3) is 0 Å². The van der Waals surface area contributed by atoms with Crippen LogP contribution in [0.4, 0.5) is 0 Å². The molecule has 2 rings (SSSR count). The number of allylic oxidation sites excluding steroid dienone is 4. The third-order valence-corrected chi connectivity index (χ3v) is 3.45. The summed E-state index contributed by atoms with van der Waals surface area (Å²) in [7, 11) is -3.60. The summed E-state index contributed by atoms with van der Waals surface area (Å²) in [6.07, 6.45) is 3.73. The van der Waals surface area contributed by atoms with Gasteiger partial charge >= 0.3 is 0 Å². The molecule has 1 saturated heterocycles. The molecule has 1 aliphatic carbocycles. The minimum atomic E-state index is -3.60. The van der Waals surface area contributed by atoms with E-state index in [2.05, 4.69) is 5.32 Å². The number of fused-ring (bicyclic) bond motifs is 1. The van der Waals surface area contributed by atoms with Crippen LogP contribution >= 0.6 is 0 Å². The van der Waals surface area contributed by atoms with Crippen LogP contribution in [0.15, 0.2) is 22.8 Å². The van der Waals surface area contributed by atoms with E-state index in [4.69, 9.17) is 5.14 Å². The van der Waals surface area contributed by atoms with Gasteiger partial charge in [0.25, 0.3) is 0 Å². The number of nitrogens with two attached hydrogens (primary N) is 1. The lowest BCUT2D eigenvalue weighted by Crippen LogP contribution is -2.20. The molecule has 0 saturated carbocycles. The van der Waals surface area contributed by atoms with Crippen molar-refractivity contribution in [2.24, 2.45) is 11.1 Å². The van der Waals surface area contributed by atoms with Crippen molar-refractivity contribution in [3.05, 3.63) is 22.8 Å². The van der Waals surface area contributed by atoms with Crippen LogP contribution in [0.1, 0.15) is 12.8 Å². The Morgan fingerprint density at radius 1 is 1.36 bits per heavy atom. The van der Waals surface area contributed by atoms with Gasteiger partial charge < -0.3 is 5.32 Å². The number of hydrogen-bond donors (Lipinski definition) is 2. The molecule has 0 radical (unpaired) electrons. The van der Waals surface area contributed by atoms with Gasteiger partial charge in [0, 0.05) is 18.0 Å². The lowest BCUT2D eigenvalue weighted by atomic mass is 9.97. The summed E-state index contributed by atoms with van der Waals surface area (Å²) in [5.74, 6) is -0.105. The standard InChI is InChI=1S/C8H10N2O3S/c9-14(12,13)6-1-2-7-5(3-6)4-8(11)10-7/h1-2,5H,3-4H2,(H,10,11)(H2,9,12,13). The zero-order chi connectivity index (χ0) is 10.3. The fourth-order valence-corrected chi connectivity index (χ4v) is 2.40. The van der Waals surface area contributed by atoms with Gasteiger partial charge in [0.05, 0.1) is 4.91 Å². The van der Waals surface area contributed by atoms with E-state index in [-0.39, 0.29) is 16.7 Å². The molecule has 1 fully saturated rings. The van der Waals surface area contributed by atoms with Gasteiger partial charge in [-0.15, -0.1) is 0 Å². The minimum Gasteiger partial charge on any atom is -0.329 e. The van der Waals surface area contributed by atoms with Crippen molar-refractivity contribution in [1.82, 2.24) is 5.32 Å². The number of nitrogens with one attached hydrogen (secondary N) is 1. The van der Waals surface area contributed by atoms with Crippen LogP contribution in [-0.4, -0.2) is 14.3 Å². The van der Waals surface area contributed by atoms with Crippen molar-refractivity contribution in [2.75, 3.05) is 0 Å². The highest BCUT2D eigenvalue weighted by atomic mass is 32.2. The summed E-state index contributed by atoms with van der Waals surface area (Å²) in [5, 5.41) is 7.67. The first-order valence-electron chi connectivity index (χ1n) is 4.20. The average molecular weight is 214 g/mol. The highest BCUT2D eigenvalue weighted by Gasteiger charge is 2.31. The van der Waals surface area contributed by atoms with Crippen molar-refractivity contribution < 1.29 is 13.2 Å². The predicted octanol–water partition coefficient (Wildman–Crippen LogP) is -0.417. The van der Waals surface area contributed by atoms with Gasteiger partial charge in [-0.05, 0) is 18.6 Å². The predicted molar refractivity (Wildman–Crippen MR) is 50.1 cm³/mol. The topological polar surface area (TPSA) is 89.3 Å². The highest BCUT2D eigenvalue weighted by Crippen LogP contribution is 2.31. The second-order valence-corrected chi connectivity index (χ2v) is 5.07. The van der Waals surface area contributed by atoms with Crippen molar-refractivity contribution >= 4 is 15.9 Å². The number of primary sulfonamides is 1. The number of carbonyl (C=O) groups excluding carboxylic acids is 1. The molecule has 3 N–H and O–H groups in total. The molecule has 5 nitrogen and oxygen atoms in total. The monoisotopic (exact) mass is 214 g/mol. The van der Waals surface area contributed by atoms with Gasteiger partial charge in [-0.1, -0.05) is 0 Å². The first kappa shape index (κ1) is 9.42. The number of rotatable bonds is 1. The Kier molecular flexibility index (Phi) is 1.97. The Bertz CT molecular complexity index is 447. The Balaban J connectivity index is 2.30. The maximum Gasteiger partial charge on any atom is 0.234 e. The van der Waals surface area contributed by atoms with E-state index in [0.717, 1.165) is 5.70 Å². The molecule has 1 heterocycles. The Morgan fingerprint density at radius 3 is 2.71 bits per heavy atom. The van der Waals surface area contributed by atoms with Gasteiger partial charge in [-0.3, -0.25) is 4.79 Å². The molecule has 0 aromatic rings. The fourth-order valence-electron chi connectivity index (χ4n) is 1.71. The maximum absolute atomic E-state index is 11.0. The van der Waals surface area contributed by atoms with E-state index >= 15 is 0 Å². The third-order valence-electron chi connectivity index (χ3n) is 2.42. The van der Waals surface area contributed by atoms with Gasteiger partial charge in [0.2, 0.25) is 15.9 Å². The molecule has 0 bridgehead atoms. The molecule has 2 aliphatic rings. The van der Waals surface area contributed by atoms with Crippen LogP contribution in [0.3, 0.4) is 0 Å². The third kappa shape index (κ3) is 1.58. The highest BCUT2D eigenvalue weighted by molar-refractivity contribution is 7.93. The summed E-state index contributed by atoms with van der Waals surface area (Å²) >= 11 is 0. The second kappa shape index (κ2) is 2.93. The second-order valence-electron chi connectivity index (χ2n) is 3.45. The molecule has 1 aliphatic heterocycles. The van der Waals surface area contributed by atoms with Crippen molar-refractivity contribution in [1.29, 1.82) is 0 Å². The molecular formula is C8H10N2O3S. The maximum atomic E-state index is 11.0. The van der Waals surface area contributed by atoms with Crippen molar-refractivity contribution in [2.45, 2.75) is 12.8 Å². The Morgan fingerprint density at radius 2 is 2.07 bits per heavy atom. The smallest absolute Gasteiger partial charge is 0.234 e. The van der Waals surface area contributed by atoms with Crippen LogP contribution in [0.5, 0.6) is 0 Å². The molecule has 0 aromatic heterocycles. The minimum absolute atomic E-state index is 0.0409. The first-order chi connectivity index (χ1) is 6.47. The Hall–Kier alpha value is -1.14. The number of sulfonamides is 1. The average Bonchev–Trinajstić information content (AvgIpc) is 2.41. The van der Waals surface area contributed by atoms with Crippen LogP contribution in [-0.2, 0) is 14.8 Å². The number of amides is 1. The van der Waals surface area contributed by atoms with Crippen molar-refractivity contribution in [3.8, 4) is 0 Å². The van der Waals surface area contributed by atoms with E-state index in [1.807, 2.05) is 0 Å². The van der Waals surface area contributed by atoms with E-state index in [1.165, 1.54) is 6.08 Å². The van der Waals surface area contributed by atoms with Gasteiger partial charge in [0.15, 0.2) is 0 Å². The summed E-state index contributed by atoms with van der Waals surface area (Å²) < 4.78 is 22.1. The molecule has 1 unspecified atom stereocenters. The van der Waals surface area contributed by atoms with E-state index in [0.29, 0.717) is 12.8 Å². The molecule has 0 spiro atoms. The van der Waals surface area contributed by atoms with E-state index < -0.39 is 10.0 Å². The molecule has 76 valence electrons. The van der Waals surface area contributed by atoms with Gasteiger partial charge in [0.1, 0.15) is 0 Å². The number of carbonyl (C=O) groups is 1. The van der Waals surface area contributed by atoms with Gasteiger partial charge in [-0.2, -0.15) is 0 Å². The van der Waals surface area contributed by atoms with Crippen LogP contribution < -0.4 is 10.5 Å². The largest absolute Gasteiger partial charge is 0.329 e. The van der Waals surface area contributed by atoms with E-state index in [1.54, 1.807) is 6.08 Å². The molecule has 1 amide bonds. The molecule has 0 aromatic carbocycles. The zero-order valence-electron chi connectivity index (χ0n) is 7.36. The summed E-state index contributed by atoms with van der Waals surface area (Å²) in [4.78, 5) is 11.2. The SMILES string of the molecule is NS(=O)(=O)C1=CC=C2NC(=O)CC2C1. The van der Waals surface area contributed by atoms with Crippen LogP contribution in [0, 0.1) is 5.92 Å². The van der Waals surface area contributed by atoms with Gasteiger partial charge in [-0.25, -0.2) is 13.6 Å². The molecule has 14 heavy (non-hydrogen) atoms. The normalized spacial score (nSPS) is 26.4. The van der Waals surface area contributed by atoms with Crippen molar-refractivity contribution in [3.63, 3.8) is 0 Å². The molecular weight excluding hydrogens is 204 g/mol. The summed E-state index contributed by atoms with van der Waals surface area (Å²) in [5.41, 5.74) is 0.794. The lowest BCUT2D eigenvalue weighted by molar-refractivity contribution is -0.119. The fraction of sp³-hybridized carbons (Fsp3) is 0.375. The zero-order valence-corrected chi connectivity index (χ0v) is 8.17. The lowest BCUT2D eigenvalue weighted by Gasteiger charge is -2.15.